The molecule has 0 aliphatic rings. The van der Waals surface area contributed by atoms with Gasteiger partial charge in [-0.3, -0.25) is 0 Å². The highest BCUT2D eigenvalue weighted by molar-refractivity contribution is 7.53. The first kappa shape index (κ1) is 13.7. The molecule has 0 aliphatic heterocycles. The van der Waals surface area contributed by atoms with Crippen LogP contribution in [-0.4, -0.2) is 0 Å². The van der Waals surface area contributed by atoms with Gasteiger partial charge in [-0.05, 0) is 17.9 Å². The summed E-state index contributed by atoms with van der Waals surface area (Å²) < 4.78 is 16.1. The van der Waals surface area contributed by atoms with Gasteiger partial charge < -0.3 is 4.52 Å². The molecule has 0 spiro atoms. The van der Waals surface area contributed by atoms with Crippen molar-refractivity contribution in [2.45, 2.75) is 34.1 Å². The van der Waals surface area contributed by atoms with Crippen LogP contribution in [0.25, 0.3) is 0 Å². The summed E-state index contributed by atoms with van der Waals surface area (Å²) in [4.78, 5) is 0. The van der Waals surface area contributed by atoms with Crippen LogP contribution in [0.15, 0.2) is 11.8 Å². The van der Waals surface area contributed by atoms with E-state index in [0.717, 1.165) is 0 Å². The van der Waals surface area contributed by atoms with E-state index in [1.54, 1.807) is 0 Å². The zero-order valence-corrected chi connectivity index (χ0v) is 10.3. The average molecular weight is 220 g/mol. The largest absolute Gasteiger partial charge is 0.427 e. The van der Waals surface area contributed by atoms with Crippen molar-refractivity contribution >= 4 is 7.67 Å². The Morgan fingerprint density at radius 3 is 2.14 bits per heavy atom. The summed E-state index contributed by atoms with van der Waals surface area (Å²) in [5.41, 5.74) is 10.3. The number of nitrogens with two attached hydrogens (primary N) is 2. The van der Waals surface area contributed by atoms with Gasteiger partial charge >= 0.3 is 7.67 Å². The van der Waals surface area contributed by atoms with Crippen molar-refractivity contribution in [1.29, 1.82) is 0 Å². The molecule has 4 nitrogen and oxygen atoms in total. The fourth-order valence-electron chi connectivity index (χ4n) is 1.09. The summed E-state index contributed by atoms with van der Waals surface area (Å²) in [7, 11) is -3.40. The number of allylic oxidation sites excluding steroid dienone is 2. The first-order valence-electron chi connectivity index (χ1n) is 4.78. The van der Waals surface area contributed by atoms with Gasteiger partial charge in [-0.2, -0.15) is 0 Å². The van der Waals surface area contributed by atoms with E-state index in [4.69, 9.17) is 15.5 Å². The molecule has 0 rings (SSSR count). The highest BCUT2D eigenvalue weighted by Gasteiger charge is 2.14. The van der Waals surface area contributed by atoms with E-state index < -0.39 is 7.67 Å². The molecule has 0 aromatic heterocycles. The van der Waals surface area contributed by atoms with Crippen LogP contribution in [0.3, 0.4) is 0 Å². The van der Waals surface area contributed by atoms with Gasteiger partial charge in [-0.15, -0.1) is 0 Å². The minimum Gasteiger partial charge on any atom is -0.427 e. The van der Waals surface area contributed by atoms with Crippen LogP contribution in [0, 0.1) is 11.8 Å². The Balaban J connectivity index is 4.49. The lowest BCUT2D eigenvalue weighted by Gasteiger charge is -2.15. The molecule has 0 atom stereocenters. The molecule has 0 saturated carbocycles. The lowest BCUT2D eigenvalue weighted by molar-refractivity contribution is 0.365. The quantitative estimate of drug-likeness (QED) is 0.551. The Bertz CT molecular complexity index is 243. The molecule has 5 heteroatoms. The molecule has 0 aromatic carbocycles. The normalized spacial score (nSPS) is 13.9. The van der Waals surface area contributed by atoms with Crippen molar-refractivity contribution in [3.8, 4) is 0 Å². The van der Waals surface area contributed by atoms with Gasteiger partial charge in [-0.1, -0.05) is 27.7 Å². The number of hydrogen-bond donors (Lipinski definition) is 2. The molecule has 0 aromatic rings. The monoisotopic (exact) mass is 220 g/mol. The van der Waals surface area contributed by atoms with Gasteiger partial charge in [0.25, 0.3) is 0 Å². The van der Waals surface area contributed by atoms with Gasteiger partial charge in [0.2, 0.25) is 0 Å². The molecule has 0 heterocycles. The van der Waals surface area contributed by atoms with E-state index in [1.807, 2.05) is 19.9 Å². The van der Waals surface area contributed by atoms with Crippen LogP contribution in [-0.2, 0) is 9.09 Å². The summed E-state index contributed by atoms with van der Waals surface area (Å²) in [5.74, 6) is 1.38. The smallest absolute Gasteiger partial charge is 0.384 e. The van der Waals surface area contributed by atoms with Crippen LogP contribution in [0.2, 0.25) is 0 Å². The third kappa shape index (κ3) is 8.30. The third-order valence-electron chi connectivity index (χ3n) is 1.39. The molecule has 14 heavy (non-hydrogen) atoms. The van der Waals surface area contributed by atoms with Crippen molar-refractivity contribution in [3.05, 3.63) is 11.8 Å². The van der Waals surface area contributed by atoms with Gasteiger partial charge in [0, 0.05) is 6.42 Å². The maximum atomic E-state index is 11.1. The molecule has 4 N–H and O–H groups in total. The van der Waals surface area contributed by atoms with Gasteiger partial charge in [0.05, 0.1) is 0 Å². The van der Waals surface area contributed by atoms with E-state index in [-0.39, 0.29) is 0 Å². The molecule has 0 unspecified atom stereocenters. The minimum absolute atomic E-state index is 0.329. The molecular weight excluding hydrogens is 199 g/mol. The minimum atomic E-state index is -3.40. The molecule has 84 valence electrons. The van der Waals surface area contributed by atoms with Crippen LogP contribution in [0.4, 0.5) is 0 Å². The van der Waals surface area contributed by atoms with Crippen LogP contribution in [0.1, 0.15) is 34.1 Å². The van der Waals surface area contributed by atoms with Crippen molar-refractivity contribution < 1.29 is 9.09 Å². The molecule has 0 amide bonds. The second kappa shape index (κ2) is 5.54. The average Bonchev–Trinajstić information content (AvgIpc) is 1.77. The predicted octanol–water partition coefficient (Wildman–Crippen LogP) is 2.61. The highest BCUT2D eigenvalue weighted by Crippen LogP contribution is 2.33. The van der Waals surface area contributed by atoms with Crippen molar-refractivity contribution in [3.63, 3.8) is 0 Å². The summed E-state index contributed by atoms with van der Waals surface area (Å²) in [5, 5.41) is 0. The molecule has 0 aliphatic carbocycles. The summed E-state index contributed by atoms with van der Waals surface area (Å²) in [6.45, 7) is 8.13. The Morgan fingerprint density at radius 1 is 1.36 bits per heavy atom. The summed E-state index contributed by atoms with van der Waals surface area (Å²) in [6.07, 6.45) is 2.60. The number of rotatable bonds is 5. The Morgan fingerprint density at radius 2 is 1.86 bits per heavy atom. The lowest BCUT2D eigenvalue weighted by Crippen LogP contribution is -2.09. The molecule has 0 bridgehead atoms. The van der Waals surface area contributed by atoms with E-state index in [2.05, 4.69) is 13.8 Å². The number of hydrogen-bond acceptors (Lipinski definition) is 2. The standard InChI is InChI=1S/C9H21N2O2P/c1-7(2)5-9(6-8(3)4)13-14(10,11)12/h5,7-8H,6H2,1-4H3,(H4,10,11,12). The van der Waals surface area contributed by atoms with E-state index in [9.17, 15) is 4.57 Å². The van der Waals surface area contributed by atoms with Crippen LogP contribution >= 0.6 is 7.67 Å². The zero-order valence-electron chi connectivity index (χ0n) is 9.36. The van der Waals surface area contributed by atoms with E-state index >= 15 is 0 Å². The van der Waals surface area contributed by atoms with Crippen LogP contribution in [0.5, 0.6) is 0 Å². The van der Waals surface area contributed by atoms with E-state index in [1.165, 1.54) is 0 Å². The summed E-state index contributed by atoms with van der Waals surface area (Å²) >= 11 is 0. The van der Waals surface area contributed by atoms with Gasteiger partial charge in [0.15, 0.2) is 0 Å². The van der Waals surface area contributed by atoms with Crippen molar-refractivity contribution in [1.82, 2.24) is 0 Å². The van der Waals surface area contributed by atoms with Crippen molar-refractivity contribution in [2.75, 3.05) is 0 Å². The topological polar surface area (TPSA) is 78.3 Å². The molecule has 0 fully saturated rings. The SMILES string of the molecule is CC(C)C=C(CC(C)C)OP(N)(N)=O. The highest BCUT2D eigenvalue weighted by atomic mass is 31.2. The van der Waals surface area contributed by atoms with Gasteiger partial charge in [0.1, 0.15) is 5.76 Å². The summed E-state index contributed by atoms with van der Waals surface area (Å²) in [6, 6.07) is 0. The Labute approximate surface area is 86.3 Å². The molecular formula is C9H21N2O2P. The van der Waals surface area contributed by atoms with Crippen molar-refractivity contribution in [2.24, 2.45) is 22.8 Å². The first-order valence-corrected chi connectivity index (χ1v) is 6.54. The first-order chi connectivity index (χ1) is 6.20. The zero-order chi connectivity index (χ0) is 11.4. The second-order valence-corrected chi connectivity index (χ2v) is 5.68. The van der Waals surface area contributed by atoms with Crippen LogP contribution < -0.4 is 11.0 Å². The fourth-order valence-corrected chi connectivity index (χ4v) is 1.60. The fraction of sp³-hybridized carbons (Fsp3) is 0.778. The Kier molecular flexibility index (Phi) is 5.42. The van der Waals surface area contributed by atoms with Gasteiger partial charge in [-0.25, -0.2) is 15.6 Å². The third-order valence-corrected chi connectivity index (χ3v) is 1.91. The predicted molar refractivity (Wildman–Crippen MR) is 59.4 cm³/mol. The molecule has 0 radical (unpaired) electrons. The lowest BCUT2D eigenvalue weighted by atomic mass is 10.1. The maximum Gasteiger partial charge on any atom is 0.384 e. The second-order valence-electron chi connectivity index (χ2n) is 4.21. The van der Waals surface area contributed by atoms with E-state index in [0.29, 0.717) is 24.0 Å². The Hall–Kier alpha value is -0.310. The maximum absolute atomic E-state index is 11.1. The molecule has 0 saturated heterocycles.